The van der Waals surface area contributed by atoms with Crippen molar-refractivity contribution in [2.24, 2.45) is 17.4 Å². The van der Waals surface area contributed by atoms with E-state index in [0.717, 1.165) is 0 Å². The Labute approximate surface area is 242 Å². The SMILES string of the molecule is NC1CC(O)(C(=O)N[C@@H]2C[C@H](N)C([C@H]3O[C@H](CNCCO)[C@@H](O)[C@H](O)[C@H]3O)[C@H](O)[C@H]2O[C@H]2O[C@H](CO)[C@@H](O)C[C@H]2O)C1. The lowest BCUT2D eigenvalue weighted by atomic mass is 9.71. The summed E-state index contributed by atoms with van der Waals surface area (Å²) in [7, 11) is 0. The first kappa shape index (κ1) is 33.8. The molecule has 2 heterocycles. The predicted molar refractivity (Wildman–Crippen MR) is 140 cm³/mol. The third-order valence-corrected chi connectivity index (χ3v) is 8.86. The van der Waals surface area contributed by atoms with Crippen LogP contribution in [-0.4, -0.2) is 169 Å². The van der Waals surface area contributed by atoms with Crippen molar-refractivity contribution < 1.29 is 65.0 Å². The third kappa shape index (κ3) is 6.90. The minimum Gasteiger partial charge on any atom is -0.395 e. The van der Waals surface area contributed by atoms with Gasteiger partial charge in [0.1, 0.15) is 42.2 Å². The van der Waals surface area contributed by atoms with Gasteiger partial charge in [-0.1, -0.05) is 0 Å². The van der Waals surface area contributed by atoms with E-state index >= 15 is 0 Å². The van der Waals surface area contributed by atoms with Crippen LogP contribution in [0.2, 0.25) is 0 Å². The zero-order valence-corrected chi connectivity index (χ0v) is 23.1. The van der Waals surface area contributed by atoms with E-state index in [1.165, 1.54) is 0 Å². The van der Waals surface area contributed by atoms with Crippen molar-refractivity contribution in [3.8, 4) is 0 Å². The molecule has 17 heteroatoms. The van der Waals surface area contributed by atoms with Crippen LogP contribution in [0, 0.1) is 5.92 Å². The highest BCUT2D eigenvalue weighted by atomic mass is 16.7. The van der Waals surface area contributed by atoms with Gasteiger partial charge in [0.15, 0.2) is 6.29 Å². The number of hydrogen-bond acceptors (Lipinski definition) is 16. The van der Waals surface area contributed by atoms with Crippen LogP contribution in [0.4, 0.5) is 0 Å². The van der Waals surface area contributed by atoms with Gasteiger partial charge in [0.2, 0.25) is 0 Å². The van der Waals surface area contributed by atoms with Gasteiger partial charge >= 0.3 is 0 Å². The molecular weight excluding hydrogens is 564 g/mol. The van der Waals surface area contributed by atoms with Gasteiger partial charge in [-0.3, -0.25) is 4.79 Å². The second-order valence-corrected chi connectivity index (χ2v) is 12.0. The summed E-state index contributed by atoms with van der Waals surface area (Å²) in [6, 6.07) is -2.38. The predicted octanol–water partition coefficient (Wildman–Crippen LogP) is -7.32. The zero-order valence-electron chi connectivity index (χ0n) is 23.1. The first-order valence-corrected chi connectivity index (χ1v) is 14.3. The Hall–Kier alpha value is -1.13. The van der Waals surface area contributed by atoms with Crippen LogP contribution < -0.4 is 22.1 Å². The number of nitrogens with two attached hydrogens (primary N) is 2. The van der Waals surface area contributed by atoms with Crippen LogP contribution in [0.1, 0.15) is 25.7 Å². The van der Waals surface area contributed by atoms with E-state index < -0.39 is 103 Å². The van der Waals surface area contributed by atoms with Gasteiger partial charge in [0.25, 0.3) is 5.91 Å². The monoisotopic (exact) mass is 610 g/mol. The fourth-order valence-electron chi connectivity index (χ4n) is 6.44. The maximum atomic E-state index is 13.0. The molecule has 0 aromatic rings. The molecule has 4 rings (SSSR count). The van der Waals surface area contributed by atoms with E-state index in [0.29, 0.717) is 0 Å². The molecule has 0 aromatic heterocycles. The van der Waals surface area contributed by atoms with Gasteiger partial charge in [-0.2, -0.15) is 0 Å². The lowest BCUT2D eigenvalue weighted by molar-refractivity contribution is -0.306. The molecule has 244 valence electrons. The number of ether oxygens (including phenoxy) is 3. The number of nitrogens with one attached hydrogen (secondary N) is 2. The standard InChI is InChI=1S/C25H46N4O13/c26-9-5-25(39,6-9)24(38)29-11-3-10(27)16(22-20(37)19(36)17(34)14(40-22)7-28-1-2-30)18(35)21(11)42-23-13(33)4-12(32)15(8-31)41-23/h9-23,28,30-37,39H,1-8,26-27H2,(H,29,38)/t9?,10-,11+,12-,13+,14+,15+,16?,17+,18-,19-,20+,21-,22+,23+,25?/m0/s1. The highest BCUT2D eigenvalue weighted by molar-refractivity contribution is 5.86. The van der Waals surface area contributed by atoms with Crippen LogP contribution in [-0.2, 0) is 19.0 Å². The molecule has 4 fully saturated rings. The van der Waals surface area contributed by atoms with Gasteiger partial charge in [-0.25, -0.2) is 0 Å². The van der Waals surface area contributed by atoms with Crippen LogP contribution in [0.5, 0.6) is 0 Å². The van der Waals surface area contributed by atoms with Crippen molar-refractivity contribution >= 4 is 5.91 Å². The minimum absolute atomic E-state index is 0.00757. The third-order valence-electron chi connectivity index (χ3n) is 8.86. The lowest BCUT2D eigenvalue weighted by Crippen LogP contribution is -2.71. The van der Waals surface area contributed by atoms with Crippen LogP contribution in [0.15, 0.2) is 0 Å². The van der Waals surface area contributed by atoms with Gasteiger partial charge < -0.3 is 82.3 Å². The van der Waals surface area contributed by atoms with Crippen molar-refractivity contribution in [2.45, 2.75) is 117 Å². The number of hydrogen-bond donors (Lipinski definition) is 13. The molecular formula is C25H46N4O13. The second kappa shape index (κ2) is 13.9. The maximum absolute atomic E-state index is 13.0. The molecule has 14 atom stereocenters. The second-order valence-electron chi connectivity index (χ2n) is 12.0. The lowest BCUT2D eigenvalue weighted by Gasteiger charge is -2.52. The summed E-state index contributed by atoms with van der Waals surface area (Å²) in [5.41, 5.74) is 10.5. The van der Waals surface area contributed by atoms with Gasteiger partial charge in [0.05, 0.1) is 43.7 Å². The van der Waals surface area contributed by atoms with E-state index in [4.69, 9.17) is 30.8 Å². The first-order valence-electron chi connectivity index (χ1n) is 14.3. The summed E-state index contributed by atoms with van der Waals surface area (Å²) in [6.45, 7) is -0.619. The molecule has 0 radical (unpaired) electrons. The summed E-state index contributed by atoms with van der Waals surface area (Å²) in [5, 5.41) is 99.0. The topological polar surface area (TPSA) is 303 Å². The van der Waals surface area contributed by atoms with Crippen LogP contribution in [0.25, 0.3) is 0 Å². The minimum atomic E-state index is -1.74. The first-order chi connectivity index (χ1) is 19.8. The number of carbonyl (C=O) groups excluding carboxylic acids is 1. The summed E-state index contributed by atoms with van der Waals surface area (Å²) < 4.78 is 17.5. The number of carbonyl (C=O) groups is 1. The Morgan fingerprint density at radius 1 is 0.905 bits per heavy atom. The fraction of sp³-hybridized carbons (Fsp3) is 0.960. The number of rotatable bonds is 10. The summed E-state index contributed by atoms with van der Waals surface area (Å²) >= 11 is 0. The van der Waals surface area contributed by atoms with Crippen molar-refractivity contribution in [1.82, 2.24) is 10.6 Å². The molecule has 4 aliphatic rings. The number of aliphatic hydroxyl groups excluding tert-OH is 8. The summed E-state index contributed by atoms with van der Waals surface area (Å²) in [5.74, 6) is -1.90. The molecule has 0 aromatic carbocycles. The van der Waals surface area contributed by atoms with E-state index in [1.54, 1.807) is 0 Å². The van der Waals surface area contributed by atoms with Crippen LogP contribution >= 0.6 is 0 Å². The van der Waals surface area contributed by atoms with Gasteiger partial charge in [-0.05, 0) is 6.42 Å². The molecule has 1 unspecified atom stereocenters. The van der Waals surface area contributed by atoms with Crippen LogP contribution in [0.3, 0.4) is 0 Å². The van der Waals surface area contributed by atoms with Gasteiger partial charge in [-0.15, -0.1) is 0 Å². The molecule has 2 saturated heterocycles. The molecule has 42 heavy (non-hydrogen) atoms. The van der Waals surface area contributed by atoms with E-state index in [1.807, 2.05) is 0 Å². The maximum Gasteiger partial charge on any atom is 0.252 e. The molecule has 17 nitrogen and oxygen atoms in total. The Balaban J connectivity index is 1.58. The van der Waals surface area contributed by atoms with E-state index in [2.05, 4.69) is 10.6 Å². The van der Waals surface area contributed by atoms with Crippen molar-refractivity contribution in [2.75, 3.05) is 26.3 Å². The molecule has 2 aliphatic heterocycles. The number of aliphatic hydroxyl groups is 9. The largest absolute Gasteiger partial charge is 0.395 e. The zero-order chi connectivity index (χ0) is 30.9. The molecule has 0 spiro atoms. The molecule has 0 bridgehead atoms. The van der Waals surface area contributed by atoms with Crippen molar-refractivity contribution in [3.05, 3.63) is 0 Å². The molecule has 2 aliphatic carbocycles. The Bertz CT molecular complexity index is 900. The normalized spacial score (nSPS) is 49.7. The Morgan fingerprint density at radius 3 is 2.21 bits per heavy atom. The quantitative estimate of drug-likeness (QED) is 0.102. The van der Waals surface area contributed by atoms with E-state index in [-0.39, 0.29) is 51.4 Å². The van der Waals surface area contributed by atoms with E-state index in [9.17, 15) is 45.6 Å². The Kier molecular flexibility index (Phi) is 11.2. The van der Waals surface area contributed by atoms with Crippen molar-refractivity contribution in [1.29, 1.82) is 0 Å². The average molecular weight is 611 g/mol. The summed E-state index contributed by atoms with van der Waals surface area (Å²) in [4.78, 5) is 13.0. The average Bonchev–Trinajstić information content (AvgIpc) is 2.92. The van der Waals surface area contributed by atoms with Gasteiger partial charge in [0, 0.05) is 50.4 Å². The smallest absolute Gasteiger partial charge is 0.252 e. The van der Waals surface area contributed by atoms with Crippen molar-refractivity contribution in [3.63, 3.8) is 0 Å². The highest BCUT2D eigenvalue weighted by Gasteiger charge is 2.56. The Morgan fingerprint density at radius 2 is 1.60 bits per heavy atom. The molecule has 15 N–H and O–H groups in total. The number of amides is 1. The highest BCUT2D eigenvalue weighted by Crippen LogP contribution is 2.38. The fourth-order valence-corrected chi connectivity index (χ4v) is 6.44. The summed E-state index contributed by atoms with van der Waals surface area (Å²) in [6.07, 6.45) is -15.6. The molecule has 1 amide bonds. The molecule has 2 saturated carbocycles.